The van der Waals surface area contributed by atoms with Gasteiger partial charge in [0.15, 0.2) is 0 Å². The van der Waals surface area contributed by atoms with E-state index in [1.54, 1.807) is 0 Å². The molecule has 7 nitrogen and oxygen atoms in total. The van der Waals surface area contributed by atoms with Crippen LogP contribution in [0.15, 0.2) is 97.2 Å². The summed E-state index contributed by atoms with van der Waals surface area (Å²) in [5.74, 6) is -0.378. The van der Waals surface area contributed by atoms with Crippen molar-refractivity contribution in [2.75, 3.05) is 19.0 Å². The van der Waals surface area contributed by atoms with E-state index in [-0.39, 0.29) is 47.3 Å². The van der Waals surface area contributed by atoms with E-state index in [9.17, 15) is 9.59 Å². The van der Waals surface area contributed by atoms with Crippen molar-refractivity contribution in [1.29, 1.82) is 0 Å². The van der Waals surface area contributed by atoms with E-state index in [0.29, 0.717) is 12.4 Å². The monoisotopic (exact) mass is 475 g/mol. The second kappa shape index (κ2) is 10.6. The van der Waals surface area contributed by atoms with Gasteiger partial charge >= 0.3 is 5.97 Å². The van der Waals surface area contributed by atoms with Crippen molar-refractivity contribution in [2.24, 2.45) is 0 Å². The van der Waals surface area contributed by atoms with Gasteiger partial charge in [-0.3, -0.25) is 9.69 Å². The number of hydrogen-bond acceptors (Lipinski definition) is 5. The molecule has 1 aliphatic heterocycles. The third-order valence-corrected chi connectivity index (χ3v) is 6.13. The van der Waals surface area contributed by atoms with Crippen LogP contribution >= 0.6 is 0 Å². The van der Waals surface area contributed by atoms with Crippen LogP contribution in [-0.4, -0.2) is 76.0 Å². The number of aromatic amines is 1. The molecule has 8 heteroatoms. The number of nitrogens with one attached hydrogen (secondary N) is 2. The zero-order valence-electron chi connectivity index (χ0n) is 19.6. The molecule has 2 heterocycles. The predicted molar refractivity (Wildman–Crippen MR) is 134 cm³/mol. The zero-order valence-corrected chi connectivity index (χ0v) is 21.6. The Hall–Kier alpha value is -3.23. The third kappa shape index (κ3) is 4.68. The predicted octanol–water partition coefficient (Wildman–Crippen LogP) is 3.43. The van der Waals surface area contributed by atoms with Gasteiger partial charge in [0, 0.05) is 36.1 Å². The Labute approximate surface area is 225 Å². The van der Waals surface area contributed by atoms with Crippen LogP contribution < -0.4 is 5.32 Å². The molecule has 1 aromatic heterocycles. The molecule has 1 fully saturated rings. The number of methoxy groups -OCH3 is 1. The average molecular weight is 476 g/mol. The van der Waals surface area contributed by atoms with E-state index in [4.69, 9.17) is 0 Å². The summed E-state index contributed by atoms with van der Waals surface area (Å²) in [5.41, 5.74) is 2.60. The summed E-state index contributed by atoms with van der Waals surface area (Å²) < 4.78 is 4.67. The molecule has 171 valence electrons. The number of carbonyl (C=O) groups excluding carboxylic acids is 2. The summed E-state index contributed by atoms with van der Waals surface area (Å²) in [6.07, 6.45) is 1.41. The maximum atomic E-state index is 13.3. The zero-order chi connectivity index (χ0) is 23.5. The molecule has 1 amide bonds. The van der Waals surface area contributed by atoms with Crippen molar-refractivity contribution in [3.05, 3.63) is 120 Å². The molecule has 3 aromatic carbocycles. The molecule has 0 bridgehead atoms. The van der Waals surface area contributed by atoms with Crippen molar-refractivity contribution in [3.8, 4) is 0 Å². The van der Waals surface area contributed by atoms with Gasteiger partial charge in [0.05, 0.1) is 18.8 Å². The maximum absolute atomic E-state index is 13.3. The Morgan fingerprint density at radius 2 is 1.40 bits per heavy atom. The van der Waals surface area contributed by atoms with Crippen LogP contribution in [0.25, 0.3) is 0 Å². The number of benzene rings is 3. The SMILES string of the molecule is COC(=O)c1ncc(NC(=O)C2CN2C(c2ccccc2)(c2ccccc2)c2ccccc2)[nH]1.[Na]. The largest absolute Gasteiger partial charge is 0.463 e. The number of H-pyrrole nitrogens is 1. The quantitative estimate of drug-likeness (QED) is 0.185. The standard InChI is InChI=1S/C27H24N4O3.Na/c1-34-26(33)24-28-17-23(29-24)30-25(32)22-18-31(22)27(19-11-5-2-6-12-19,20-13-7-3-8-14-20)21-15-9-4-10-16-21;/h2-17,22H,18H2,1H3,(H,28,29)(H,30,32);. The number of rotatable bonds is 7. The summed E-state index contributed by atoms with van der Waals surface area (Å²) in [5, 5.41) is 2.85. The molecule has 2 N–H and O–H groups in total. The van der Waals surface area contributed by atoms with Crippen LogP contribution in [0.1, 0.15) is 27.3 Å². The number of hydrogen-bond donors (Lipinski definition) is 2. The van der Waals surface area contributed by atoms with Gasteiger partial charge in [-0.2, -0.15) is 0 Å². The molecule has 4 aromatic rings. The number of ether oxygens (including phenoxy) is 1. The molecule has 0 aliphatic carbocycles. The van der Waals surface area contributed by atoms with Crippen LogP contribution in [0.5, 0.6) is 0 Å². The van der Waals surface area contributed by atoms with Gasteiger partial charge in [0.1, 0.15) is 11.9 Å². The number of imidazole rings is 1. The summed E-state index contributed by atoms with van der Waals surface area (Å²) >= 11 is 0. The smallest absolute Gasteiger partial charge is 0.374 e. The molecule has 1 saturated heterocycles. The number of aromatic nitrogens is 2. The Balaban J connectivity index is 0.00000289. The number of amides is 1. The van der Waals surface area contributed by atoms with Crippen LogP contribution in [0.3, 0.4) is 0 Å². The van der Waals surface area contributed by atoms with Crippen molar-refractivity contribution in [3.63, 3.8) is 0 Å². The second-order valence-electron chi connectivity index (χ2n) is 8.10. The van der Waals surface area contributed by atoms with Crippen molar-refractivity contribution in [1.82, 2.24) is 14.9 Å². The first-order valence-electron chi connectivity index (χ1n) is 11.0. The molecule has 0 saturated carbocycles. The van der Waals surface area contributed by atoms with E-state index < -0.39 is 11.5 Å². The molecule has 0 spiro atoms. The number of esters is 1. The van der Waals surface area contributed by atoms with Crippen LogP contribution in [0.4, 0.5) is 5.82 Å². The van der Waals surface area contributed by atoms with E-state index >= 15 is 0 Å². The average Bonchev–Trinajstić information content (AvgIpc) is 3.56. The van der Waals surface area contributed by atoms with Crippen LogP contribution in [0.2, 0.25) is 0 Å². The first-order chi connectivity index (χ1) is 16.6. The second-order valence-corrected chi connectivity index (χ2v) is 8.10. The topological polar surface area (TPSA) is 87.1 Å². The van der Waals surface area contributed by atoms with Gasteiger partial charge in [-0.05, 0) is 16.7 Å². The Bertz CT molecular complexity index is 1200. The van der Waals surface area contributed by atoms with E-state index in [0.717, 1.165) is 16.7 Å². The minimum atomic E-state index is -0.642. The van der Waals surface area contributed by atoms with E-state index in [1.807, 2.05) is 54.6 Å². The Morgan fingerprint density at radius 3 is 1.86 bits per heavy atom. The molecular weight excluding hydrogens is 451 g/mol. The first-order valence-corrected chi connectivity index (χ1v) is 11.0. The Kier molecular flexibility index (Phi) is 7.52. The van der Waals surface area contributed by atoms with Gasteiger partial charge in [-0.15, -0.1) is 0 Å². The summed E-state index contributed by atoms with van der Waals surface area (Å²) in [4.78, 5) is 33.9. The molecule has 2 unspecified atom stereocenters. The maximum Gasteiger partial charge on any atom is 0.374 e. The summed E-state index contributed by atoms with van der Waals surface area (Å²) in [6, 6.07) is 30.4. The van der Waals surface area contributed by atoms with Gasteiger partial charge in [-0.25, -0.2) is 9.78 Å². The van der Waals surface area contributed by atoms with Crippen molar-refractivity contribution >= 4 is 47.3 Å². The third-order valence-electron chi connectivity index (χ3n) is 6.13. The fraction of sp³-hybridized carbons (Fsp3) is 0.148. The van der Waals surface area contributed by atoms with Gasteiger partial charge in [0.25, 0.3) is 0 Å². The van der Waals surface area contributed by atoms with E-state index in [1.165, 1.54) is 13.3 Å². The van der Waals surface area contributed by atoms with Crippen LogP contribution in [0, 0.1) is 0 Å². The van der Waals surface area contributed by atoms with Gasteiger partial charge < -0.3 is 15.0 Å². The molecular formula is C27H24N4NaO3. The Morgan fingerprint density at radius 1 is 0.914 bits per heavy atom. The normalized spacial score (nSPS) is 16.6. The summed E-state index contributed by atoms with van der Waals surface area (Å²) in [7, 11) is 1.28. The molecule has 5 rings (SSSR count). The van der Waals surface area contributed by atoms with Crippen molar-refractivity contribution < 1.29 is 14.3 Å². The van der Waals surface area contributed by atoms with Gasteiger partial charge in [0.2, 0.25) is 11.7 Å². The number of carbonyl (C=O) groups is 2. The fourth-order valence-corrected chi connectivity index (χ4v) is 4.57. The van der Waals surface area contributed by atoms with Crippen molar-refractivity contribution in [2.45, 2.75) is 11.6 Å². The number of nitrogens with zero attached hydrogens (tertiary/aromatic N) is 2. The molecule has 1 aliphatic rings. The molecule has 35 heavy (non-hydrogen) atoms. The minimum Gasteiger partial charge on any atom is -0.463 e. The minimum absolute atomic E-state index is 0. The van der Waals surface area contributed by atoms with Gasteiger partial charge in [-0.1, -0.05) is 91.0 Å². The molecule has 2 atom stereocenters. The number of anilines is 1. The van der Waals surface area contributed by atoms with E-state index in [2.05, 4.69) is 61.3 Å². The molecule has 1 radical (unpaired) electrons. The fourth-order valence-electron chi connectivity index (χ4n) is 4.57. The first kappa shape index (κ1) is 24.9. The van der Waals surface area contributed by atoms with Crippen LogP contribution in [-0.2, 0) is 15.1 Å². The summed E-state index contributed by atoms with van der Waals surface area (Å²) in [6.45, 7) is 0.572.